The van der Waals surface area contributed by atoms with E-state index in [4.69, 9.17) is 10.2 Å². The minimum Gasteiger partial charge on any atom is -0.428 e. The third-order valence-corrected chi connectivity index (χ3v) is 4.68. The molecule has 0 saturated heterocycles. The van der Waals surface area contributed by atoms with Gasteiger partial charge < -0.3 is 15.1 Å². The molecule has 2 N–H and O–H groups in total. The molecule has 0 saturated carbocycles. The Morgan fingerprint density at radius 3 is 2.65 bits per heavy atom. The summed E-state index contributed by atoms with van der Waals surface area (Å²) < 4.78 is 29.8. The van der Waals surface area contributed by atoms with Crippen molar-refractivity contribution in [1.82, 2.24) is 9.88 Å². The second-order valence-electron chi connectivity index (χ2n) is 4.63. The minimum atomic E-state index is -3.97. The van der Waals surface area contributed by atoms with Crippen LogP contribution in [0.3, 0.4) is 0 Å². The van der Waals surface area contributed by atoms with Gasteiger partial charge in [-0.25, -0.2) is 8.42 Å². The van der Waals surface area contributed by atoms with Gasteiger partial charge in [0.15, 0.2) is 5.58 Å². The van der Waals surface area contributed by atoms with E-state index in [0.29, 0.717) is 16.8 Å². The van der Waals surface area contributed by atoms with Crippen molar-refractivity contribution in [3.63, 3.8) is 0 Å². The SMILES string of the molecule is CC(C(=O)N(C)C)S(=O)(=O)c1nc2cc(N)ccc2o1. The zero-order valence-electron chi connectivity index (χ0n) is 11.3. The molecule has 2 aromatic rings. The number of nitrogens with two attached hydrogens (primary N) is 1. The van der Waals surface area contributed by atoms with Crippen molar-refractivity contribution < 1.29 is 17.6 Å². The lowest BCUT2D eigenvalue weighted by Crippen LogP contribution is -2.37. The first-order valence-corrected chi connectivity index (χ1v) is 7.39. The monoisotopic (exact) mass is 297 g/mol. The molecule has 1 heterocycles. The van der Waals surface area contributed by atoms with Gasteiger partial charge in [-0.1, -0.05) is 0 Å². The summed E-state index contributed by atoms with van der Waals surface area (Å²) in [4.78, 5) is 16.9. The van der Waals surface area contributed by atoms with E-state index in [9.17, 15) is 13.2 Å². The van der Waals surface area contributed by atoms with Crippen LogP contribution in [0.1, 0.15) is 6.92 Å². The smallest absolute Gasteiger partial charge is 0.316 e. The van der Waals surface area contributed by atoms with E-state index >= 15 is 0 Å². The van der Waals surface area contributed by atoms with Crippen LogP contribution in [0.25, 0.3) is 11.1 Å². The third kappa shape index (κ3) is 2.34. The van der Waals surface area contributed by atoms with Gasteiger partial charge in [-0.15, -0.1) is 0 Å². The second-order valence-corrected chi connectivity index (χ2v) is 6.77. The van der Waals surface area contributed by atoms with Gasteiger partial charge in [-0.05, 0) is 25.1 Å². The molecule has 0 aliphatic carbocycles. The Balaban J connectivity index is 2.49. The fourth-order valence-electron chi connectivity index (χ4n) is 1.69. The van der Waals surface area contributed by atoms with Crippen molar-refractivity contribution in [3.05, 3.63) is 18.2 Å². The quantitative estimate of drug-likeness (QED) is 0.834. The molecule has 0 aliphatic heterocycles. The molecule has 1 aromatic carbocycles. The van der Waals surface area contributed by atoms with Gasteiger partial charge in [0.05, 0.1) is 0 Å². The summed E-state index contributed by atoms with van der Waals surface area (Å²) in [6.45, 7) is 1.31. The van der Waals surface area contributed by atoms with Crippen LogP contribution < -0.4 is 5.73 Å². The van der Waals surface area contributed by atoms with Gasteiger partial charge in [0, 0.05) is 19.8 Å². The highest BCUT2D eigenvalue weighted by Gasteiger charge is 2.35. The lowest BCUT2D eigenvalue weighted by atomic mass is 10.3. The van der Waals surface area contributed by atoms with E-state index in [2.05, 4.69) is 4.98 Å². The summed E-state index contributed by atoms with van der Waals surface area (Å²) in [5.41, 5.74) is 6.70. The molecular formula is C12H15N3O4S. The van der Waals surface area contributed by atoms with Crippen LogP contribution in [0.4, 0.5) is 5.69 Å². The summed E-state index contributed by atoms with van der Waals surface area (Å²) in [5.74, 6) is -0.535. The van der Waals surface area contributed by atoms with E-state index in [-0.39, 0.29) is 0 Å². The van der Waals surface area contributed by atoms with Gasteiger partial charge in [0.1, 0.15) is 10.8 Å². The Labute approximate surface area is 116 Å². The molecule has 0 bridgehead atoms. The lowest BCUT2D eigenvalue weighted by molar-refractivity contribution is -0.127. The number of aromatic nitrogens is 1. The van der Waals surface area contributed by atoms with Gasteiger partial charge in [-0.3, -0.25) is 4.79 Å². The van der Waals surface area contributed by atoms with Gasteiger partial charge in [-0.2, -0.15) is 4.98 Å². The second kappa shape index (κ2) is 4.78. The maximum absolute atomic E-state index is 12.3. The average molecular weight is 297 g/mol. The van der Waals surface area contributed by atoms with Crippen molar-refractivity contribution in [3.8, 4) is 0 Å². The first-order valence-electron chi connectivity index (χ1n) is 5.84. The molecule has 1 unspecified atom stereocenters. The topological polar surface area (TPSA) is 106 Å². The number of hydrogen-bond acceptors (Lipinski definition) is 6. The normalized spacial score (nSPS) is 13.3. The average Bonchev–Trinajstić information content (AvgIpc) is 2.80. The van der Waals surface area contributed by atoms with Crippen LogP contribution in [-0.2, 0) is 14.6 Å². The van der Waals surface area contributed by atoms with Crippen molar-refractivity contribution >= 4 is 32.5 Å². The van der Waals surface area contributed by atoms with E-state index in [0.717, 1.165) is 0 Å². The molecule has 108 valence electrons. The summed E-state index contributed by atoms with van der Waals surface area (Å²) in [5, 5.41) is -1.73. The Morgan fingerprint density at radius 1 is 1.40 bits per heavy atom. The van der Waals surface area contributed by atoms with E-state index < -0.39 is 26.2 Å². The number of fused-ring (bicyclic) bond motifs is 1. The largest absolute Gasteiger partial charge is 0.428 e. The van der Waals surface area contributed by atoms with Crippen LogP contribution in [0.15, 0.2) is 27.8 Å². The number of rotatable bonds is 3. The van der Waals surface area contributed by atoms with E-state index in [1.54, 1.807) is 6.07 Å². The Morgan fingerprint density at radius 2 is 2.05 bits per heavy atom. The summed E-state index contributed by atoms with van der Waals surface area (Å²) >= 11 is 0. The van der Waals surface area contributed by atoms with Crippen LogP contribution >= 0.6 is 0 Å². The highest BCUT2D eigenvalue weighted by molar-refractivity contribution is 7.92. The zero-order chi connectivity index (χ0) is 15.1. The number of nitrogens with zero attached hydrogens (tertiary/aromatic N) is 2. The molecule has 0 fully saturated rings. The predicted octanol–water partition coefficient (Wildman–Crippen LogP) is 0.660. The molecule has 2 rings (SSSR count). The number of sulfone groups is 1. The summed E-state index contributed by atoms with van der Waals surface area (Å²) in [6, 6.07) is 4.63. The van der Waals surface area contributed by atoms with Crippen LogP contribution in [0.5, 0.6) is 0 Å². The van der Waals surface area contributed by atoms with E-state index in [1.807, 2.05) is 0 Å². The molecular weight excluding hydrogens is 282 g/mol. The number of amides is 1. The first kappa shape index (κ1) is 14.3. The number of hydrogen-bond donors (Lipinski definition) is 1. The highest BCUT2D eigenvalue weighted by Crippen LogP contribution is 2.23. The van der Waals surface area contributed by atoms with Crippen molar-refractivity contribution in [1.29, 1.82) is 0 Å². The van der Waals surface area contributed by atoms with Gasteiger partial charge in [0.2, 0.25) is 15.7 Å². The maximum atomic E-state index is 12.3. The Hall–Kier alpha value is -2.09. The fourth-order valence-corrected chi connectivity index (χ4v) is 2.90. The number of oxazole rings is 1. The number of nitrogen functional groups attached to an aromatic ring is 1. The number of carbonyl (C=O) groups excluding carboxylic acids is 1. The Kier molecular flexibility index (Phi) is 3.43. The predicted molar refractivity (Wildman–Crippen MR) is 73.8 cm³/mol. The molecule has 0 spiro atoms. The molecule has 1 amide bonds. The van der Waals surface area contributed by atoms with E-state index in [1.165, 1.54) is 38.1 Å². The third-order valence-electron chi connectivity index (χ3n) is 2.89. The van der Waals surface area contributed by atoms with Crippen LogP contribution in [-0.4, -0.2) is 43.6 Å². The Bertz CT molecular complexity index is 764. The molecule has 8 heteroatoms. The molecule has 1 atom stereocenters. The zero-order valence-corrected chi connectivity index (χ0v) is 12.1. The first-order chi connectivity index (χ1) is 9.23. The molecule has 20 heavy (non-hydrogen) atoms. The molecule has 0 radical (unpaired) electrons. The maximum Gasteiger partial charge on any atom is 0.316 e. The van der Waals surface area contributed by atoms with Crippen molar-refractivity contribution in [2.75, 3.05) is 19.8 Å². The summed E-state index contributed by atoms with van der Waals surface area (Å²) in [7, 11) is -0.993. The summed E-state index contributed by atoms with van der Waals surface area (Å²) in [6.07, 6.45) is 0. The van der Waals surface area contributed by atoms with Gasteiger partial charge in [0.25, 0.3) is 0 Å². The number of anilines is 1. The lowest BCUT2D eigenvalue weighted by Gasteiger charge is -2.15. The number of carbonyl (C=O) groups is 1. The molecule has 1 aromatic heterocycles. The molecule has 0 aliphatic rings. The van der Waals surface area contributed by atoms with Crippen molar-refractivity contribution in [2.24, 2.45) is 0 Å². The highest BCUT2D eigenvalue weighted by atomic mass is 32.2. The van der Waals surface area contributed by atoms with Crippen LogP contribution in [0, 0.1) is 0 Å². The molecule has 7 nitrogen and oxygen atoms in total. The van der Waals surface area contributed by atoms with Crippen LogP contribution in [0.2, 0.25) is 0 Å². The minimum absolute atomic E-state index is 0.308. The van der Waals surface area contributed by atoms with Crippen molar-refractivity contribution in [2.45, 2.75) is 17.4 Å². The standard InChI is InChI=1S/C12H15N3O4S/c1-7(11(16)15(2)3)20(17,18)12-14-9-6-8(13)4-5-10(9)19-12/h4-7H,13H2,1-3H3. The fraction of sp³-hybridized carbons (Fsp3) is 0.333. The van der Waals surface area contributed by atoms with Gasteiger partial charge >= 0.3 is 5.22 Å². The number of benzene rings is 1.